The number of rotatable bonds is 6. The lowest BCUT2D eigenvalue weighted by atomic mass is 10.0. The van der Waals surface area contributed by atoms with Crippen LogP contribution in [-0.2, 0) is 0 Å². The van der Waals surface area contributed by atoms with Crippen molar-refractivity contribution < 1.29 is 14.3 Å². The molecule has 0 radical (unpaired) electrons. The summed E-state index contributed by atoms with van der Waals surface area (Å²) < 4.78 is 13.5. The Labute approximate surface area is 205 Å². The summed E-state index contributed by atoms with van der Waals surface area (Å²) in [6.07, 6.45) is 1.45. The number of aromatic nitrogens is 2. The monoisotopic (exact) mass is 511 g/mol. The SMILES string of the molecule is CC(Nc1nccc(N(C(=O)Nc2cc(Cl)cc(Cl)c2Cl)c2ccc(F)cc2)n1)C(C)(C)O. The van der Waals surface area contributed by atoms with Crippen LogP contribution < -0.4 is 15.5 Å². The summed E-state index contributed by atoms with van der Waals surface area (Å²) in [5, 5.41) is 16.4. The first-order chi connectivity index (χ1) is 15.5. The first kappa shape index (κ1) is 25.0. The second-order valence-electron chi connectivity index (χ2n) is 7.75. The zero-order valence-corrected chi connectivity index (χ0v) is 20.2. The van der Waals surface area contributed by atoms with E-state index >= 15 is 0 Å². The van der Waals surface area contributed by atoms with Crippen LogP contribution in [0.25, 0.3) is 0 Å². The molecule has 0 saturated carbocycles. The van der Waals surface area contributed by atoms with E-state index in [0.717, 1.165) is 0 Å². The second-order valence-corrected chi connectivity index (χ2v) is 8.97. The number of halogens is 4. The van der Waals surface area contributed by atoms with Crippen molar-refractivity contribution in [2.75, 3.05) is 15.5 Å². The summed E-state index contributed by atoms with van der Waals surface area (Å²) in [5.74, 6) is -0.0949. The minimum absolute atomic E-state index is 0.109. The van der Waals surface area contributed by atoms with Crippen LogP contribution in [0.15, 0.2) is 48.7 Å². The quantitative estimate of drug-likeness (QED) is 0.327. The largest absolute Gasteiger partial charge is 0.388 e. The van der Waals surface area contributed by atoms with Gasteiger partial charge in [0, 0.05) is 17.3 Å². The fourth-order valence-electron chi connectivity index (χ4n) is 2.68. The van der Waals surface area contributed by atoms with Crippen molar-refractivity contribution in [1.82, 2.24) is 9.97 Å². The molecular formula is C22H21Cl3FN5O2. The summed E-state index contributed by atoms with van der Waals surface area (Å²) in [5.41, 5.74) is -0.525. The summed E-state index contributed by atoms with van der Waals surface area (Å²) in [4.78, 5) is 23.1. The third kappa shape index (κ3) is 6.23. The number of carbonyl (C=O) groups excluding carboxylic acids is 1. The number of urea groups is 1. The van der Waals surface area contributed by atoms with Gasteiger partial charge in [-0.05, 0) is 57.2 Å². The Morgan fingerprint density at radius 2 is 1.82 bits per heavy atom. The molecule has 7 nitrogen and oxygen atoms in total. The van der Waals surface area contributed by atoms with E-state index in [2.05, 4.69) is 20.6 Å². The molecule has 33 heavy (non-hydrogen) atoms. The van der Waals surface area contributed by atoms with Gasteiger partial charge in [-0.2, -0.15) is 4.98 Å². The van der Waals surface area contributed by atoms with E-state index in [9.17, 15) is 14.3 Å². The van der Waals surface area contributed by atoms with Crippen LogP contribution in [0, 0.1) is 5.82 Å². The Morgan fingerprint density at radius 3 is 2.45 bits per heavy atom. The highest BCUT2D eigenvalue weighted by atomic mass is 35.5. The molecule has 174 valence electrons. The van der Waals surface area contributed by atoms with E-state index < -0.39 is 23.5 Å². The number of anilines is 4. The van der Waals surface area contributed by atoms with E-state index in [1.807, 2.05) is 0 Å². The molecule has 3 N–H and O–H groups in total. The Kier molecular flexibility index (Phi) is 7.64. The summed E-state index contributed by atoms with van der Waals surface area (Å²) in [7, 11) is 0. The Balaban J connectivity index is 2.00. The number of hydrogen-bond acceptors (Lipinski definition) is 5. The van der Waals surface area contributed by atoms with Crippen LogP contribution in [0.4, 0.5) is 32.3 Å². The average Bonchev–Trinajstić information content (AvgIpc) is 2.73. The molecule has 1 unspecified atom stereocenters. The van der Waals surface area contributed by atoms with Crippen molar-refractivity contribution >= 4 is 64.0 Å². The zero-order chi connectivity index (χ0) is 24.3. The average molecular weight is 513 g/mol. The van der Waals surface area contributed by atoms with Crippen LogP contribution in [0.3, 0.4) is 0 Å². The molecule has 3 rings (SSSR count). The highest BCUT2D eigenvalue weighted by molar-refractivity contribution is 6.45. The highest BCUT2D eigenvalue weighted by Crippen LogP contribution is 2.34. The fourth-order valence-corrected chi connectivity index (χ4v) is 3.33. The topological polar surface area (TPSA) is 90.4 Å². The third-order valence-electron chi connectivity index (χ3n) is 4.80. The van der Waals surface area contributed by atoms with Gasteiger partial charge in [-0.15, -0.1) is 0 Å². The second kappa shape index (κ2) is 10.1. The van der Waals surface area contributed by atoms with Crippen molar-refractivity contribution in [3.8, 4) is 0 Å². The molecule has 1 atom stereocenters. The number of amides is 2. The molecule has 0 bridgehead atoms. The summed E-state index contributed by atoms with van der Waals surface area (Å²) >= 11 is 18.3. The number of benzene rings is 2. The Hall–Kier alpha value is -2.65. The van der Waals surface area contributed by atoms with Crippen LogP contribution in [-0.4, -0.2) is 32.7 Å². The lowest BCUT2D eigenvalue weighted by Crippen LogP contribution is -2.40. The molecule has 0 aliphatic rings. The molecular weight excluding hydrogens is 492 g/mol. The van der Waals surface area contributed by atoms with Gasteiger partial charge in [-0.25, -0.2) is 19.1 Å². The molecule has 1 aromatic heterocycles. The molecule has 2 amide bonds. The van der Waals surface area contributed by atoms with Gasteiger partial charge >= 0.3 is 6.03 Å². The van der Waals surface area contributed by atoms with Gasteiger partial charge < -0.3 is 15.7 Å². The maximum Gasteiger partial charge on any atom is 0.332 e. The van der Waals surface area contributed by atoms with Crippen LogP contribution in [0.5, 0.6) is 0 Å². The normalized spacial score (nSPS) is 12.2. The van der Waals surface area contributed by atoms with Gasteiger partial charge in [0.2, 0.25) is 5.95 Å². The fraction of sp³-hybridized carbons (Fsp3) is 0.227. The van der Waals surface area contributed by atoms with Gasteiger partial charge in [0.15, 0.2) is 0 Å². The summed E-state index contributed by atoms with van der Waals surface area (Å²) in [6, 6.07) is 8.65. The van der Waals surface area contributed by atoms with Gasteiger partial charge in [0.1, 0.15) is 11.6 Å². The molecule has 1 heterocycles. The number of aliphatic hydroxyl groups is 1. The first-order valence-corrected chi connectivity index (χ1v) is 10.9. The Morgan fingerprint density at radius 1 is 1.15 bits per heavy atom. The first-order valence-electron chi connectivity index (χ1n) is 9.79. The van der Waals surface area contributed by atoms with Crippen molar-refractivity contribution in [3.05, 3.63) is 69.5 Å². The summed E-state index contributed by atoms with van der Waals surface area (Å²) in [6.45, 7) is 5.06. The van der Waals surface area contributed by atoms with Crippen molar-refractivity contribution in [2.24, 2.45) is 0 Å². The molecule has 11 heteroatoms. The maximum absolute atomic E-state index is 13.5. The van der Waals surface area contributed by atoms with E-state index in [4.69, 9.17) is 34.8 Å². The van der Waals surface area contributed by atoms with Gasteiger partial charge in [-0.1, -0.05) is 34.8 Å². The van der Waals surface area contributed by atoms with Crippen molar-refractivity contribution in [3.63, 3.8) is 0 Å². The predicted octanol–water partition coefficient (Wildman–Crippen LogP) is 6.52. The highest BCUT2D eigenvalue weighted by Gasteiger charge is 2.25. The predicted molar refractivity (Wildman–Crippen MR) is 130 cm³/mol. The minimum atomic E-state index is -1.05. The molecule has 3 aromatic rings. The van der Waals surface area contributed by atoms with Gasteiger partial charge in [-0.3, -0.25) is 0 Å². The van der Waals surface area contributed by atoms with Crippen molar-refractivity contribution in [2.45, 2.75) is 32.4 Å². The van der Waals surface area contributed by atoms with Gasteiger partial charge in [0.25, 0.3) is 0 Å². The number of carbonyl (C=O) groups is 1. The van der Waals surface area contributed by atoms with Gasteiger partial charge in [0.05, 0.1) is 33.1 Å². The third-order valence-corrected chi connectivity index (χ3v) is 5.82. The maximum atomic E-state index is 13.5. The number of hydrogen-bond donors (Lipinski definition) is 3. The van der Waals surface area contributed by atoms with Crippen LogP contribution in [0.1, 0.15) is 20.8 Å². The molecule has 0 aliphatic heterocycles. The smallest absolute Gasteiger partial charge is 0.332 e. The number of nitrogens with one attached hydrogen (secondary N) is 2. The zero-order valence-electron chi connectivity index (χ0n) is 17.9. The minimum Gasteiger partial charge on any atom is -0.388 e. The molecule has 0 saturated heterocycles. The lowest BCUT2D eigenvalue weighted by molar-refractivity contribution is 0.0646. The number of nitrogens with zero attached hydrogens (tertiary/aromatic N) is 3. The molecule has 0 spiro atoms. The van der Waals surface area contributed by atoms with Crippen LogP contribution in [0.2, 0.25) is 15.1 Å². The Bertz CT molecular complexity index is 1160. The molecule has 0 aliphatic carbocycles. The van der Waals surface area contributed by atoms with E-state index in [1.165, 1.54) is 53.6 Å². The van der Waals surface area contributed by atoms with Crippen LogP contribution >= 0.6 is 34.8 Å². The molecule has 2 aromatic carbocycles. The van der Waals surface area contributed by atoms with Crippen molar-refractivity contribution in [1.29, 1.82) is 0 Å². The standard InChI is InChI=1S/C22H21Cl3FN5O2/c1-12(22(2,3)33)28-20-27-9-8-18(30-20)31(15-6-4-14(26)5-7-15)21(32)29-17-11-13(23)10-16(24)19(17)25/h4-12,33H,1-3H3,(H,29,32)(H,27,28,30). The van der Waals surface area contributed by atoms with E-state index in [1.54, 1.807) is 20.8 Å². The van der Waals surface area contributed by atoms with E-state index in [-0.39, 0.29) is 32.5 Å². The molecule has 0 fully saturated rings. The lowest BCUT2D eigenvalue weighted by Gasteiger charge is -2.27. The van der Waals surface area contributed by atoms with E-state index in [0.29, 0.717) is 5.69 Å².